The maximum Gasteiger partial charge on any atom is 0.472 e. The fraction of sp³-hybridized carbons (Fsp3) is 0.704. The third-order valence-corrected chi connectivity index (χ3v) is 17.7. The Morgan fingerprint density at radius 2 is 0.540 bits per heavy atom. The van der Waals surface area contributed by atoms with Crippen LogP contribution < -0.4 is 0 Å². The van der Waals surface area contributed by atoms with Gasteiger partial charge in [0.15, 0.2) is 12.2 Å². The van der Waals surface area contributed by atoms with Gasteiger partial charge in [-0.15, -0.1) is 0 Å². The molecule has 0 radical (unpaired) electrons. The number of allylic oxidation sites excluding steroid dienone is 20. The smallest absolute Gasteiger partial charge is 0.462 e. The van der Waals surface area contributed by atoms with Crippen molar-refractivity contribution in [2.75, 3.05) is 39.6 Å². The molecule has 17 nitrogen and oxygen atoms in total. The first-order valence-corrected chi connectivity index (χ1v) is 41.8. The number of esters is 4. The van der Waals surface area contributed by atoms with Gasteiger partial charge in [-0.2, -0.15) is 0 Å². The summed E-state index contributed by atoms with van der Waals surface area (Å²) in [5, 5.41) is 10.6. The minimum atomic E-state index is -4.98. The van der Waals surface area contributed by atoms with Crippen molar-refractivity contribution in [2.24, 2.45) is 0 Å². The number of hydrogen-bond acceptors (Lipinski definition) is 15. The van der Waals surface area contributed by atoms with Gasteiger partial charge in [0.25, 0.3) is 0 Å². The molecule has 0 aliphatic carbocycles. The molecule has 0 aliphatic rings. The van der Waals surface area contributed by atoms with Crippen LogP contribution >= 0.6 is 15.6 Å². The van der Waals surface area contributed by atoms with E-state index in [1.807, 2.05) is 0 Å². The molecule has 19 heteroatoms. The zero-order valence-electron chi connectivity index (χ0n) is 62.6. The first-order chi connectivity index (χ1) is 48.7. The van der Waals surface area contributed by atoms with E-state index >= 15 is 0 Å². The molecule has 0 aromatic heterocycles. The number of hydrogen-bond donors (Lipinski definition) is 3. The number of carbonyl (C=O) groups excluding carboxylic acids is 4. The number of unbranched alkanes of at least 4 members (excludes halogenated alkanes) is 26. The van der Waals surface area contributed by atoms with Crippen LogP contribution in [-0.4, -0.2) is 96.7 Å². The zero-order valence-corrected chi connectivity index (χ0v) is 64.4. The van der Waals surface area contributed by atoms with Gasteiger partial charge in [-0.05, 0) is 148 Å². The van der Waals surface area contributed by atoms with Crippen molar-refractivity contribution in [1.82, 2.24) is 0 Å². The molecule has 0 aliphatic heterocycles. The number of aliphatic hydroxyl groups excluding tert-OH is 1. The number of phosphoric ester groups is 2. The van der Waals surface area contributed by atoms with Crippen LogP contribution in [0.15, 0.2) is 122 Å². The van der Waals surface area contributed by atoms with E-state index in [0.29, 0.717) is 25.7 Å². The highest BCUT2D eigenvalue weighted by Gasteiger charge is 2.30. The van der Waals surface area contributed by atoms with E-state index in [2.05, 4.69) is 149 Å². The molecule has 0 aromatic carbocycles. The SMILES string of the molecule is CC/C=C\C/C=C\C/C=C\C/C=C\CCCCCCCCC(=O)OCC(COP(=O)(O)OCC(O)COP(=O)(O)OCC(COC(=O)CCCCCCC/C=C\C/C=C\CCCCC)OC(=O)CCCCCCC/C=C\C/C=C\CCC)OC(=O)CCCCCCC/C=C\C/C=C\CCC. The van der Waals surface area contributed by atoms with Crippen molar-refractivity contribution >= 4 is 39.5 Å². The average Bonchev–Trinajstić information content (AvgIpc) is 0.935. The van der Waals surface area contributed by atoms with E-state index in [9.17, 15) is 43.2 Å². The van der Waals surface area contributed by atoms with Gasteiger partial charge in [0.05, 0.1) is 26.4 Å². The third kappa shape index (κ3) is 71.8. The molecule has 3 N–H and O–H groups in total. The summed E-state index contributed by atoms with van der Waals surface area (Å²) in [6.07, 6.45) is 79.0. The minimum absolute atomic E-state index is 0.0726. The fourth-order valence-corrected chi connectivity index (χ4v) is 11.5. The fourth-order valence-electron chi connectivity index (χ4n) is 9.96. The van der Waals surface area contributed by atoms with Crippen molar-refractivity contribution in [3.05, 3.63) is 122 Å². The molecule has 0 saturated carbocycles. The van der Waals surface area contributed by atoms with Crippen LogP contribution in [0.2, 0.25) is 0 Å². The van der Waals surface area contributed by atoms with Gasteiger partial charge in [-0.3, -0.25) is 37.3 Å². The van der Waals surface area contributed by atoms with Crippen LogP contribution in [-0.2, 0) is 65.4 Å². The predicted octanol–water partition coefficient (Wildman–Crippen LogP) is 22.3. The van der Waals surface area contributed by atoms with Crippen LogP contribution in [0.1, 0.15) is 310 Å². The van der Waals surface area contributed by atoms with Gasteiger partial charge in [0, 0.05) is 25.7 Å². The number of aliphatic hydroxyl groups is 1. The second-order valence-corrected chi connectivity index (χ2v) is 28.5. The van der Waals surface area contributed by atoms with Gasteiger partial charge >= 0.3 is 39.5 Å². The Balaban J connectivity index is 5.36. The predicted molar refractivity (Wildman–Crippen MR) is 408 cm³/mol. The third-order valence-electron chi connectivity index (χ3n) is 15.8. The van der Waals surface area contributed by atoms with E-state index in [1.54, 1.807) is 0 Å². The molecule has 0 spiro atoms. The number of ether oxygens (including phenoxy) is 4. The second-order valence-electron chi connectivity index (χ2n) is 25.6. The average molecular weight is 1450 g/mol. The van der Waals surface area contributed by atoms with Crippen molar-refractivity contribution in [3.63, 3.8) is 0 Å². The summed E-state index contributed by atoms with van der Waals surface area (Å²) >= 11 is 0. The molecule has 0 fully saturated rings. The summed E-state index contributed by atoms with van der Waals surface area (Å²) in [6, 6.07) is 0. The highest BCUT2D eigenvalue weighted by Crippen LogP contribution is 2.45. The van der Waals surface area contributed by atoms with E-state index in [1.165, 1.54) is 19.3 Å². The normalized spacial score (nSPS) is 14.6. The van der Waals surface area contributed by atoms with E-state index < -0.39 is 97.5 Å². The molecule has 574 valence electrons. The lowest BCUT2D eigenvalue weighted by Crippen LogP contribution is -2.30. The first kappa shape index (κ1) is 95.5. The molecule has 5 atom stereocenters. The lowest BCUT2D eigenvalue weighted by Gasteiger charge is -2.21. The topological polar surface area (TPSA) is 237 Å². The molecule has 0 aromatic rings. The number of rotatable bonds is 72. The standard InChI is InChI=1S/C81H138O17P2/c1-5-9-13-17-21-25-29-33-35-36-37-38-40-44-46-50-54-58-62-66-79(84)92-72-77(98-81(86)68-64-60-56-52-48-42-32-28-24-20-16-12-8-4)74-96-100(89,90)94-70-75(82)69-93-99(87,88)95-73-76(97-80(85)67-63-59-55-51-47-41-31-27-23-19-15-11-7-3)71-91-78(83)65-61-57-53-49-45-43-39-34-30-26-22-18-14-10-6-2/h9,13,15-16,19-22,25-28,31-35,37-39,75-77,82H,5-8,10-12,14,17-18,23-24,29-30,36,40-74H2,1-4H3,(H,87,88)(H,89,90)/b13-9-,19-15-,20-16-,25-21-,26-22-,31-27-,32-28-,35-33-,38-37-,39-34-. The summed E-state index contributed by atoms with van der Waals surface area (Å²) in [4.78, 5) is 72.9. The molecule has 5 unspecified atom stereocenters. The summed E-state index contributed by atoms with van der Waals surface area (Å²) in [7, 11) is -9.97. The molecule has 0 saturated heterocycles. The molecule has 100 heavy (non-hydrogen) atoms. The number of carbonyl (C=O) groups is 4. The van der Waals surface area contributed by atoms with E-state index in [4.69, 9.17) is 37.0 Å². The minimum Gasteiger partial charge on any atom is -0.462 e. The Kier molecular flexibility index (Phi) is 69.5. The maximum atomic E-state index is 13.1. The molecular formula is C81H138O17P2. The molecular weight excluding hydrogens is 1310 g/mol. The van der Waals surface area contributed by atoms with E-state index in [0.717, 1.165) is 212 Å². The van der Waals surface area contributed by atoms with Gasteiger partial charge in [0.1, 0.15) is 19.3 Å². The maximum absolute atomic E-state index is 13.1. The van der Waals surface area contributed by atoms with Crippen molar-refractivity contribution < 1.29 is 80.2 Å². The van der Waals surface area contributed by atoms with Gasteiger partial charge in [-0.1, -0.05) is 258 Å². The quantitative estimate of drug-likeness (QED) is 0.0169. The zero-order chi connectivity index (χ0) is 73.2. The highest BCUT2D eigenvalue weighted by atomic mass is 31.2. The Hall–Kier alpha value is -4.54. The van der Waals surface area contributed by atoms with Crippen LogP contribution in [0.3, 0.4) is 0 Å². The Bertz CT molecular complexity index is 2370. The van der Waals surface area contributed by atoms with E-state index in [-0.39, 0.29) is 25.7 Å². The Morgan fingerprint density at radius 1 is 0.290 bits per heavy atom. The van der Waals surface area contributed by atoms with Crippen LogP contribution in [0.4, 0.5) is 0 Å². The Morgan fingerprint density at radius 3 is 0.840 bits per heavy atom. The monoisotopic (exact) mass is 1440 g/mol. The van der Waals surface area contributed by atoms with Crippen LogP contribution in [0.25, 0.3) is 0 Å². The van der Waals surface area contributed by atoms with Crippen molar-refractivity contribution in [2.45, 2.75) is 329 Å². The van der Waals surface area contributed by atoms with Crippen LogP contribution in [0.5, 0.6) is 0 Å². The second kappa shape index (κ2) is 72.8. The number of phosphoric acid groups is 2. The van der Waals surface area contributed by atoms with Gasteiger partial charge < -0.3 is 33.8 Å². The van der Waals surface area contributed by atoms with Crippen molar-refractivity contribution in [3.8, 4) is 0 Å². The largest absolute Gasteiger partial charge is 0.472 e. The summed E-state index contributed by atoms with van der Waals surface area (Å²) in [5.74, 6) is -2.23. The molecule has 0 amide bonds. The van der Waals surface area contributed by atoms with Crippen LogP contribution in [0, 0.1) is 0 Å². The molecule has 0 heterocycles. The summed E-state index contributed by atoms with van der Waals surface area (Å²) in [6.45, 7) is 4.55. The van der Waals surface area contributed by atoms with Crippen molar-refractivity contribution in [1.29, 1.82) is 0 Å². The highest BCUT2D eigenvalue weighted by molar-refractivity contribution is 7.47. The lowest BCUT2D eigenvalue weighted by molar-refractivity contribution is -0.161. The Labute approximate surface area is 606 Å². The molecule has 0 rings (SSSR count). The van der Waals surface area contributed by atoms with Gasteiger partial charge in [-0.25, -0.2) is 9.13 Å². The summed E-state index contributed by atoms with van der Waals surface area (Å²) in [5.41, 5.74) is 0. The lowest BCUT2D eigenvalue weighted by atomic mass is 10.1. The van der Waals surface area contributed by atoms with Gasteiger partial charge in [0.2, 0.25) is 0 Å². The summed E-state index contributed by atoms with van der Waals surface area (Å²) < 4.78 is 68.5. The first-order valence-electron chi connectivity index (χ1n) is 38.8. The molecule has 0 bridgehead atoms.